The Balaban J connectivity index is 1.98. The van der Waals surface area contributed by atoms with E-state index in [-0.39, 0.29) is 29.8 Å². The van der Waals surface area contributed by atoms with E-state index in [4.69, 9.17) is 11.6 Å². The Morgan fingerprint density at radius 2 is 1.79 bits per heavy atom. The molecule has 24 heavy (non-hydrogen) atoms. The van der Waals surface area contributed by atoms with Crippen LogP contribution in [0.15, 0.2) is 24.3 Å². The minimum absolute atomic E-state index is 0.00920. The van der Waals surface area contributed by atoms with Crippen LogP contribution >= 0.6 is 11.6 Å². The van der Waals surface area contributed by atoms with E-state index >= 15 is 0 Å². The zero-order chi connectivity index (χ0) is 17.9. The number of carbonyl (C=O) groups is 2. The van der Waals surface area contributed by atoms with Crippen LogP contribution in [0.4, 0.5) is 0 Å². The van der Waals surface area contributed by atoms with Crippen LogP contribution < -0.4 is 10.9 Å². The van der Waals surface area contributed by atoms with Gasteiger partial charge in [-0.1, -0.05) is 37.6 Å². The normalized spacial score (nSPS) is 20.6. The van der Waals surface area contributed by atoms with Crippen molar-refractivity contribution >= 4 is 33.3 Å². The molecule has 0 aliphatic carbocycles. The molecule has 0 saturated carbocycles. The van der Waals surface area contributed by atoms with Crippen molar-refractivity contribution in [3.8, 4) is 0 Å². The summed E-state index contributed by atoms with van der Waals surface area (Å²) in [7, 11) is -3.14. The molecule has 1 aromatic rings. The van der Waals surface area contributed by atoms with Crippen LogP contribution in [0.5, 0.6) is 0 Å². The van der Waals surface area contributed by atoms with Crippen LogP contribution in [0, 0.1) is 11.8 Å². The zero-order valence-electron chi connectivity index (χ0n) is 13.6. The lowest BCUT2D eigenvalue weighted by atomic mass is 9.88. The number of hydrogen-bond donors (Lipinski definition) is 2. The van der Waals surface area contributed by atoms with Crippen molar-refractivity contribution in [2.45, 2.75) is 26.2 Å². The quantitative estimate of drug-likeness (QED) is 0.786. The van der Waals surface area contributed by atoms with Gasteiger partial charge in [0.15, 0.2) is 9.84 Å². The molecule has 8 heteroatoms. The van der Waals surface area contributed by atoms with E-state index in [1.807, 2.05) is 13.8 Å². The third-order valence-corrected chi connectivity index (χ3v) is 6.11. The molecule has 1 fully saturated rings. The number of rotatable bonds is 4. The largest absolute Gasteiger partial charge is 0.273 e. The Bertz CT molecular complexity index is 716. The monoisotopic (exact) mass is 372 g/mol. The molecule has 1 aromatic carbocycles. The predicted octanol–water partition coefficient (Wildman–Crippen LogP) is 1.66. The number of hydrazine groups is 1. The van der Waals surface area contributed by atoms with Gasteiger partial charge in [-0.25, -0.2) is 8.42 Å². The van der Waals surface area contributed by atoms with E-state index in [2.05, 4.69) is 10.9 Å². The Kier molecular flexibility index (Phi) is 5.87. The van der Waals surface area contributed by atoms with Crippen LogP contribution in [-0.2, 0) is 19.4 Å². The Labute approximate surface area is 146 Å². The highest BCUT2D eigenvalue weighted by Gasteiger charge is 2.33. The van der Waals surface area contributed by atoms with Gasteiger partial charge in [0.25, 0.3) is 0 Å². The summed E-state index contributed by atoms with van der Waals surface area (Å²) in [6.07, 6.45) is 0.287. The van der Waals surface area contributed by atoms with Crippen molar-refractivity contribution in [3.05, 3.63) is 34.9 Å². The lowest BCUT2D eigenvalue weighted by molar-refractivity contribution is -0.131. The number of sulfone groups is 1. The summed E-state index contributed by atoms with van der Waals surface area (Å²) < 4.78 is 22.8. The molecule has 0 radical (unpaired) electrons. The highest BCUT2D eigenvalue weighted by Crippen LogP contribution is 2.26. The van der Waals surface area contributed by atoms with Gasteiger partial charge in [0, 0.05) is 5.02 Å². The minimum atomic E-state index is -3.14. The number of carbonyl (C=O) groups excluding carboxylic acids is 2. The number of hydrogen-bond acceptors (Lipinski definition) is 4. The van der Waals surface area contributed by atoms with Crippen LogP contribution in [0.3, 0.4) is 0 Å². The van der Waals surface area contributed by atoms with Crippen molar-refractivity contribution in [1.82, 2.24) is 10.9 Å². The molecule has 1 heterocycles. The van der Waals surface area contributed by atoms with Gasteiger partial charge >= 0.3 is 0 Å². The molecule has 132 valence electrons. The highest BCUT2D eigenvalue weighted by atomic mass is 35.5. The molecule has 2 rings (SSSR count). The number of halogens is 1. The summed E-state index contributed by atoms with van der Waals surface area (Å²) in [5.74, 6) is -2.02. The van der Waals surface area contributed by atoms with Crippen molar-refractivity contribution < 1.29 is 18.0 Å². The van der Waals surface area contributed by atoms with E-state index in [0.29, 0.717) is 5.02 Å². The first-order valence-corrected chi connectivity index (χ1v) is 9.95. The maximum absolute atomic E-state index is 12.4. The average Bonchev–Trinajstić information content (AvgIpc) is 2.87. The van der Waals surface area contributed by atoms with Crippen molar-refractivity contribution in [3.63, 3.8) is 0 Å². The molecule has 0 bridgehead atoms. The first-order chi connectivity index (χ1) is 11.2. The van der Waals surface area contributed by atoms with E-state index in [0.717, 1.165) is 5.56 Å². The standard InChI is InChI=1S/C16H21ClN2O4S/c1-10(2)14(11-3-5-13(17)6-4-11)16(21)19-18-15(20)12-7-8-24(22,23)9-12/h3-6,10,12,14H,7-9H2,1-2H3,(H,18,20)(H,19,21)/t12-,14+/m1/s1. The summed E-state index contributed by atoms with van der Waals surface area (Å²) in [5, 5.41) is 0.581. The summed E-state index contributed by atoms with van der Waals surface area (Å²) in [6.45, 7) is 3.81. The second kappa shape index (κ2) is 7.53. The Morgan fingerprint density at radius 3 is 2.29 bits per heavy atom. The molecule has 1 aliphatic heterocycles. The molecule has 1 aliphatic rings. The molecule has 0 unspecified atom stereocenters. The van der Waals surface area contributed by atoms with Gasteiger partial charge in [0.05, 0.1) is 23.3 Å². The fraction of sp³-hybridized carbons (Fsp3) is 0.500. The van der Waals surface area contributed by atoms with Gasteiger partial charge in [0.2, 0.25) is 11.8 Å². The summed E-state index contributed by atoms with van der Waals surface area (Å²) in [6, 6.07) is 6.97. The third kappa shape index (κ3) is 4.70. The van der Waals surface area contributed by atoms with Gasteiger partial charge in [-0.3, -0.25) is 20.4 Å². The van der Waals surface area contributed by atoms with Crippen LogP contribution in [0.1, 0.15) is 31.7 Å². The lowest BCUT2D eigenvalue weighted by Crippen LogP contribution is -2.47. The number of amides is 2. The molecule has 0 aromatic heterocycles. The summed E-state index contributed by atoms with van der Waals surface area (Å²) in [5.41, 5.74) is 5.56. The fourth-order valence-corrected chi connectivity index (χ4v) is 4.68. The zero-order valence-corrected chi connectivity index (χ0v) is 15.2. The van der Waals surface area contributed by atoms with Gasteiger partial charge in [-0.15, -0.1) is 0 Å². The molecule has 2 N–H and O–H groups in total. The van der Waals surface area contributed by atoms with Crippen molar-refractivity contribution in [2.24, 2.45) is 11.8 Å². The van der Waals surface area contributed by atoms with Gasteiger partial charge in [-0.2, -0.15) is 0 Å². The molecule has 2 amide bonds. The van der Waals surface area contributed by atoms with Crippen molar-refractivity contribution in [2.75, 3.05) is 11.5 Å². The number of benzene rings is 1. The van der Waals surface area contributed by atoms with Gasteiger partial charge in [0.1, 0.15) is 0 Å². The topological polar surface area (TPSA) is 92.3 Å². The molecule has 0 spiro atoms. The van der Waals surface area contributed by atoms with E-state index < -0.39 is 27.6 Å². The molecule has 2 atom stereocenters. The van der Waals surface area contributed by atoms with Gasteiger partial charge < -0.3 is 0 Å². The second-order valence-electron chi connectivity index (χ2n) is 6.35. The third-order valence-electron chi connectivity index (χ3n) is 4.09. The minimum Gasteiger partial charge on any atom is -0.273 e. The summed E-state index contributed by atoms with van der Waals surface area (Å²) in [4.78, 5) is 24.4. The SMILES string of the molecule is CC(C)[C@H](C(=O)NNC(=O)[C@@H]1CCS(=O)(=O)C1)c1ccc(Cl)cc1. The molecular formula is C16H21ClN2O4S. The summed E-state index contributed by atoms with van der Waals surface area (Å²) >= 11 is 5.87. The van der Waals surface area contributed by atoms with Crippen LogP contribution in [-0.4, -0.2) is 31.7 Å². The van der Waals surface area contributed by atoms with Gasteiger partial charge in [-0.05, 0) is 30.0 Å². The van der Waals surface area contributed by atoms with Crippen LogP contribution in [0.25, 0.3) is 0 Å². The highest BCUT2D eigenvalue weighted by molar-refractivity contribution is 7.91. The Hall–Kier alpha value is -1.60. The van der Waals surface area contributed by atoms with E-state index in [1.54, 1.807) is 24.3 Å². The molecule has 1 saturated heterocycles. The Morgan fingerprint density at radius 1 is 1.17 bits per heavy atom. The fourth-order valence-electron chi connectivity index (χ4n) is 2.81. The first-order valence-electron chi connectivity index (χ1n) is 7.75. The van der Waals surface area contributed by atoms with E-state index in [1.165, 1.54) is 0 Å². The second-order valence-corrected chi connectivity index (χ2v) is 9.02. The molecular weight excluding hydrogens is 352 g/mol. The predicted molar refractivity (Wildman–Crippen MR) is 92.1 cm³/mol. The smallest absolute Gasteiger partial charge is 0.246 e. The lowest BCUT2D eigenvalue weighted by Gasteiger charge is -2.21. The van der Waals surface area contributed by atoms with Crippen molar-refractivity contribution in [1.29, 1.82) is 0 Å². The first kappa shape index (κ1) is 18.7. The number of nitrogens with one attached hydrogen (secondary N) is 2. The van der Waals surface area contributed by atoms with Crippen LogP contribution in [0.2, 0.25) is 5.02 Å². The average molecular weight is 373 g/mol. The maximum atomic E-state index is 12.4. The molecule has 6 nitrogen and oxygen atoms in total. The maximum Gasteiger partial charge on any atom is 0.246 e. The van der Waals surface area contributed by atoms with E-state index in [9.17, 15) is 18.0 Å².